The maximum absolute atomic E-state index is 6.43. The van der Waals surface area contributed by atoms with Crippen LogP contribution in [0.1, 0.15) is 174 Å². The number of nitrogens with zero attached hydrogens (tertiary/aromatic N) is 2. The van der Waals surface area contributed by atoms with Crippen molar-refractivity contribution in [2.75, 3.05) is 36.1 Å². The molecule has 106 heavy (non-hydrogen) atoms. The molecule has 0 unspecified atom stereocenters. The average Bonchev–Trinajstić information content (AvgIpc) is 1.59. The fourth-order valence-corrected chi connectivity index (χ4v) is 24.5. The summed E-state index contributed by atoms with van der Waals surface area (Å²) in [6.45, 7) is 33.6. The molecule has 0 radical (unpaired) electrons. The molecule has 0 bridgehead atoms. The van der Waals surface area contributed by atoms with Gasteiger partial charge in [0.1, 0.15) is 40.0 Å². The first-order valence-electron chi connectivity index (χ1n) is 36.5. The van der Waals surface area contributed by atoms with Crippen LogP contribution in [0.5, 0.6) is 0 Å². The van der Waals surface area contributed by atoms with Gasteiger partial charge in [0.2, 0.25) is 0 Å². The summed E-state index contributed by atoms with van der Waals surface area (Å²) in [5.41, 5.74) is 15.3. The number of ether oxygens (including phenoxy) is 1. The fourth-order valence-electron chi connectivity index (χ4n) is 13.1. The molecule has 4 fully saturated rings. The smallest absolute Gasteiger partial charge is 0.187 e. The molecule has 4 aliphatic rings. The molecule has 2 saturated heterocycles. The summed E-state index contributed by atoms with van der Waals surface area (Å²) >= 11 is 12.1. The molecular weight excluding hydrogens is 1680 g/mol. The summed E-state index contributed by atoms with van der Waals surface area (Å²) < 4.78 is 14.0. The van der Waals surface area contributed by atoms with Crippen LogP contribution in [0.15, 0.2) is 230 Å². The first-order chi connectivity index (χ1) is 49.8. The Bertz CT molecular complexity index is 3270. The Morgan fingerprint density at radius 3 is 0.877 bits per heavy atom. The summed E-state index contributed by atoms with van der Waals surface area (Å²) in [6.07, 6.45) is 21.6. The van der Waals surface area contributed by atoms with Crippen LogP contribution in [-0.4, -0.2) is 56.7 Å². The standard InChI is InChI=1S/C21H27N2.2C18H15P.C15H29OP.2C5H8.C4H8O.C2H3Cl3.2CH4.4ClH.2Ru/c1-14-9-16(3)20(17(4)10-14)22-7-8-23(13-22)21-18(5)11-15(2)12-19(21)6;2*1-4-10-16(11-5-1)19(17-12-6-2-7-13-17)18-14-8-3-9-15-18;1-13(2)16-17(14-9-5-3-6-10-14)15-11-7-4-8-12-15;2*1-4-5(2)3;1-2-4-5-3-1;1-2(3,4)5;;;;;;;;/h9-13H,7-8H2,1-6H3;2*1-15H;13-15H,3-12H2,1-2H3;2*1,4H,2-3H3;1-4H2;1H3;2*1H4;4*1H;;/q-1;;;;;;;;;;;;;;2*+2/p-1. The molecule has 0 aromatic heterocycles. The molecule has 0 spiro atoms. The predicted molar refractivity (Wildman–Crippen MR) is 486 cm³/mol. The number of hydrogen-bond donors (Lipinski definition) is 0. The summed E-state index contributed by atoms with van der Waals surface area (Å²) in [6, 6.07) is 74.1. The Labute approximate surface area is 688 Å². The van der Waals surface area contributed by atoms with E-state index in [1.165, 1.54) is 172 Å². The van der Waals surface area contributed by atoms with Gasteiger partial charge in [0.15, 0.2) is 3.79 Å². The normalized spacial score (nSPS) is 14.2. The van der Waals surface area contributed by atoms with Gasteiger partial charge in [0, 0.05) is 37.7 Å². The van der Waals surface area contributed by atoms with E-state index in [2.05, 4.69) is 278 Å². The third-order valence-corrected chi connectivity index (χ3v) is 29.8. The van der Waals surface area contributed by atoms with Crippen molar-refractivity contribution in [3.8, 4) is 0 Å². The second-order valence-electron chi connectivity index (χ2n) is 27.4. The van der Waals surface area contributed by atoms with E-state index in [0.717, 1.165) is 37.6 Å². The van der Waals surface area contributed by atoms with Gasteiger partial charge in [-0.2, -0.15) is 6.67 Å². The maximum Gasteiger partial charge on any atom is 0.187 e. The number of anilines is 2. The fraction of sp³-hybridized carbons (Fsp3) is 0.389. The minimum absolute atomic E-state index is 0. The van der Waals surface area contributed by atoms with E-state index in [1.807, 2.05) is 49.1 Å². The molecule has 12 rings (SSSR count). The predicted octanol–water partition coefficient (Wildman–Crippen LogP) is 26.3. The molecule has 2 heterocycles. The average molecular weight is 1810 g/mol. The van der Waals surface area contributed by atoms with Gasteiger partial charge >= 0.3 is 126 Å². The minimum atomic E-state index is -1.52. The molecular formula is C90H124Cl7N2O2P3Ru2+2. The Morgan fingerprint density at radius 2 is 0.689 bits per heavy atom. The number of allylic oxidation sites excluding steroid dienone is 4. The van der Waals surface area contributed by atoms with Gasteiger partial charge in [-0.1, -0.05) is 207 Å². The van der Waals surface area contributed by atoms with Gasteiger partial charge in [0.05, 0.1) is 33.3 Å². The van der Waals surface area contributed by atoms with Crippen LogP contribution in [0.2, 0.25) is 0 Å². The molecule has 584 valence electrons. The molecule has 0 atom stereocenters. The molecule has 8 aromatic carbocycles. The number of halogens is 7. The van der Waals surface area contributed by atoms with Crippen LogP contribution >= 0.6 is 97.6 Å². The summed E-state index contributed by atoms with van der Waals surface area (Å²) in [7, 11) is 19.8. The maximum atomic E-state index is 6.43. The van der Waals surface area contributed by atoms with Crippen molar-refractivity contribution < 1.29 is 36.3 Å². The van der Waals surface area contributed by atoms with Crippen molar-refractivity contribution in [1.82, 2.24) is 0 Å². The molecule has 2 aliphatic heterocycles. The summed E-state index contributed by atoms with van der Waals surface area (Å²) in [5.74, 6) is 0. The van der Waals surface area contributed by atoms with Crippen LogP contribution < -0.4 is 41.6 Å². The van der Waals surface area contributed by atoms with Gasteiger partial charge < -0.3 is 14.5 Å². The van der Waals surface area contributed by atoms with Crippen molar-refractivity contribution >= 4 is 150 Å². The summed E-state index contributed by atoms with van der Waals surface area (Å²) in [4.78, 5) is 4.81. The Hall–Kier alpha value is -2.93. The van der Waals surface area contributed by atoms with E-state index in [4.69, 9.17) is 82.8 Å². The van der Waals surface area contributed by atoms with Crippen LogP contribution in [-0.2, 0) is 36.3 Å². The number of alkyl halides is 3. The van der Waals surface area contributed by atoms with Crippen LogP contribution in [0.25, 0.3) is 0 Å². The Kier molecular flexibility index (Phi) is 50.2. The largest absolute Gasteiger partial charge is 0.502 e. The van der Waals surface area contributed by atoms with E-state index in [9.17, 15) is 0 Å². The zero-order valence-electron chi connectivity index (χ0n) is 63.6. The van der Waals surface area contributed by atoms with Gasteiger partial charge in [-0.05, 0) is 222 Å². The third-order valence-electron chi connectivity index (χ3n) is 17.3. The van der Waals surface area contributed by atoms with E-state index in [1.54, 1.807) is 0 Å². The SMILES string of the molecule is C.C.C1CCOC1.CC(C)=C[CH]=[Ru]([Cl])[Cl].CC(C)=C[CH]=[Ru]([Cl])[Cl].CC(C)O[PH+](C1CCCCC1)C1CCCCC1.CC(Cl)(Cl)Cl.Cc1cc(C)c(N2[CH-]N(c3c(C)cc(C)cc3C)CC2)c(C)c1.c1ccc([PH+](c2ccccc2)c2ccccc2)cc1.c1ccc([PH+](c2ccccc2)c2ccccc2)cc1. The Balaban J connectivity index is 0.000000329. The van der Waals surface area contributed by atoms with Gasteiger partial charge in [-0.15, -0.1) is 0 Å². The van der Waals surface area contributed by atoms with E-state index in [0.29, 0.717) is 6.10 Å². The van der Waals surface area contributed by atoms with Gasteiger partial charge in [-0.25, -0.2) is 4.52 Å². The molecule has 0 amide bonds. The van der Waals surface area contributed by atoms with Gasteiger partial charge in [0.25, 0.3) is 0 Å². The third kappa shape index (κ3) is 39.0. The van der Waals surface area contributed by atoms with Crippen molar-refractivity contribution in [2.24, 2.45) is 0 Å². The zero-order chi connectivity index (χ0) is 75.8. The number of hydrogen-bond acceptors (Lipinski definition) is 4. The van der Waals surface area contributed by atoms with Crippen LogP contribution in [0.4, 0.5) is 11.4 Å². The number of rotatable bonds is 14. The zero-order valence-corrected chi connectivity index (χ0v) is 75.4. The second-order valence-corrected chi connectivity index (χ2v) is 49.5. The van der Waals surface area contributed by atoms with Crippen LogP contribution in [0.3, 0.4) is 0 Å². The molecule has 16 heteroatoms. The molecule has 0 N–H and O–H groups in total. The minimum Gasteiger partial charge on any atom is -0.502 e. The number of benzene rings is 8. The second kappa shape index (κ2) is 54.7. The molecule has 8 aromatic rings. The number of aryl methyl sites for hydroxylation is 6. The van der Waals surface area contributed by atoms with Crippen molar-refractivity contribution in [1.29, 1.82) is 0 Å². The van der Waals surface area contributed by atoms with E-state index < -0.39 is 54.8 Å². The molecule has 2 aliphatic carbocycles. The first kappa shape index (κ1) is 97.3. The van der Waals surface area contributed by atoms with Crippen LogP contribution in [0, 0.1) is 48.2 Å². The monoisotopic (exact) mass is 1810 g/mol. The van der Waals surface area contributed by atoms with Gasteiger partial charge in [-0.3, -0.25) is 0 Å². The van der Waals surface area contributed by atoms with E-state index in [-0.39, 0.29) is 14.9 Å². The van der Waals surface area contributed by atoms with Crippen molar-refractivity contribution in [2.45, 2.75) is 203 Å². The van der Waals surface area contributed by atoms with Crippen molar-refractivity contribution in [3.63, 3.8) is 0 Å². The van der Waals surface area contributed by atoms with Crippen molar-refractivity contribution in [3.05, 3.63) is 270 Å². The molecule has 4 nitrogen and oxygen atoms in total. The Morgan fingerprint density at radius 1 is 0.443 bits per heavy atom. The van der Waals surface area contributed by atoms with E-state index >= 15 is 0 Å². The molecule has 2 saturated carbocycles. The topological polar surface area (TPSA) is 24.9 Å². The quantitative estimate of drug-likeness (QED) is 0.0469. The summed E-state index contributed by atoms with van der Waals surface area (Å²) in [5, 5.41) is 8.61. The first-order valence-corrected chi connectivity index (χ1v) is 53.2.